The van der Waals surface area contributed by atoms with Crippen molar-refractivity contribution >= 4 is 17.8 Å². The van der Waals surface area contributed by atoms with E-state index in [9.17, 15) is 19.7 Å². The second-order valence-electron chi connectivity index (χ2n) is 7.02. The van der Waals surface area contributed by atoms with Gasteiger partial charge in [0.15, 0.2) is 0 Å². The monoisotopic (exact) mass is 429 g/mol. The maximum Gasteiger partial charge on any atom is 0.514 e. The number of nitro groups is 1. The number of carbonyl (C=O) groups is 2. The summed E-state index contributed by atoms with van der Waals surface area (Å²) in [5, 5.41) is 10.7. The molecule has 0 spiro atoms. The first-order valence-electron chi connectivity index (χ1n) is 10.3. The van der Waals surface area contributed by atoms with Crippen LogP contribution in [0.1, 0.15) is 51.0 Å². The van der Waals surface area contributed by atoms with Gasteiger partial charge in [-0.15, -0.1) is 0 Å². The van der Waals surface area contributed by atoms with Gasteiger partial charge in [0.2, 0.25) is 0 Å². The fraction of sp³-hybridized carbons (Fsp3) is 0.391. The summed E-state index contributed by atoms with van der Waals surface area (Å²) in [4.78, 5) is 34.4. The van der Waals surface area contributed by atoms with Crippen molar-refractivity contribution < 1.29 is 28.7 Å². The first kappa shape index (κ1) is 23.9. The molecule has 0 saturated carbocycles. The Hall–Kier alpha value is -3.42. The normalized spacial score (nSPS) is 11.4. The lowest BCUT2D eigenvalue weighted by Gasteiger charge is -2.17. The molecule has 0 saturated heterocycles. The van der Waals surface area contributed by atoms with Gasteiger partial charge < -0.3 is 14.2 Å². The number of hydrogen-bond donors (Lipinski definition) is 0. The molecular formula is C23H27NO7. The molecule has 0 bridgehead atoms. The highest BCUT2D eigenvalue weighted by Crippen LogP contribution is 2.19. The van der Waals surface area contributed by atoms with Gasteiger partial charge in [-0.2, -0.15) is 0 Å². The lowest BCUT2D eigenvalue weighted by molar-refractivity contribution is -0.384. The van der Waals surface area contributed by atoms with Crippen LogP contribution in [0.2, 0.25) is 0 Å². The summed E-state index contributed by atoms with van der Waals surface area (Å²) in [6, 6.07) is 14.5. The van der Waals surface area contributed by atoms with Gasteiger partial charge in [-0.05, 0) is 37.0 Å². The minimum Gasteiger partial charge on any atom is -0.461 e. The summed E-state index contributed by atoms with van der Waals surface area (Å²) >= 11 is 0. The molecule has 1 atom stereocenters. The molecule has 0 fully saturated rings. The van der Waals surface area contributed by atoms with Crippen molar-refractivity contribution in [2.24, 2.45) is 0 Å². The molecule has 0 aliphatic rings. The molecule has 0 heterocycles. The maximum absolute atomic E-state index is 12.1. The molecule has 0 aromatic heterocycles. The Morgan fingerprint density at radius 2 is 1.71 bits per heavy atom. The van der Waals surface area contributed by atoms with Crippen molar-refractivity contribution in [2.45, 2.75) is 58.2 Å². The van der Waals surface area contributed by atoms with E-state index in [2.05, 4.69) is 6.92 Å². The van der Waals surface area contributed by atoms with Crippen LogP contribution in [0.5, 0.6) is 5.75 Å². The highest BCUT2D eigenvalue weighted by atomic mass is 16.7. The summed E-state index contributed by atoms with van der Waals surface area (Å²) in [7, 11) is 0. The minimum absolute atomic E-state index is 0.104. The standard InChI is InChI=1S/C23H27NO7/c1-2-3-5-10-20(15-16-22(25)29-17-18-8-6-4-7-9-18)30-23(26)31-21-13-11-19(12-14-21)24(27)28/h4,6-9,11-14,20H,2-3,5,10,15-17H2,1H3. The number of rotatable bonds is 12. The fourth-order valence-corrected chi connectivity index (χ4v) is 2.87. The SMILES string of the molecule is CCCCCC(CCC(=O)OCc1ccccc1)OC(=O)Oc1ccc([N+](=O)[O-])cc1. The number of ether oxygens (including phenoxy) is 3. The van der Waals surface area contributed by atoms with Crippen molar-refractivity contribution in [1.82, 2.24) is 0 Å². The van der Waals surface area contributed by atoms with E-state index in [-0.39, 0.29) is 30.4 Å². The van der Waals surface area contributed by atoms with E-state index in [1.807, 2.05) is 30.3 Å². The van der Waals surface area contributed by atoms with Crippen LogP contribution in [-0.4, -0.2) is 23.2 Å². The van der Waals surface area contributed by atoms with Crippen LogP contribution in [0.25, 0.3) is 0 Å². The molecule has 2 aromatic rings. The molecule has 2 rings (SSSR count). The van der Waals surface area contributed by atoms with E-state index in [4.69, 9.17) is 14.2 Å². The summed E-state index contributed by atoms with van der Waals surface area (Å²) in [5.74, 6) is -0.221. The first-order valence-corrected chi connectivity index (χ1v) is 10.3. The van der Waals surface area contributed by atoms with Crippen molar-refractivity contribution in [2.75, 3.05) is 0 Å². The van der Waals surface area contributed by atoms with Crippen LogP contribution in [0.4, 0.5) is 10.5 Å². The van der Waals surface area contributed by atoms with Crippen LogP contribution >= 0.6 is 0 Å². The molecule has 166 valence electrons. The van der Waals surface area contributed by atoms with E-state index < -0.39 is 17.2 Å². The Morgan fingerprint density at radius 1 is 1.00 bits per heavy atom. The topological polar surface area (TPSA) is 105 Å². The van der Waals surface area contributed by atoms with Crippen LogP contribution in [0.15, 0.2) is 54.6 Å². The summed E-state index contributed by atoms with van der Waals surface area (Å²) in [6.45, 7) is 2.27. The second-order valence-corrected chi connectivity index (χ2v) is 7.02. The largest absolute Gasteiger partial charge is 0.514 e. The Morgan fingerprint density at radius 3 is 2.35 bits per heavy atom. The minimum atomic E-state index is -0.909. The molecule has 0 N–H and O–H groups in total. The Bertz CT molecular complexity index is 837. The van der Waals surface area contributed by atoms with Crippen LogP contribution < -0.4 is 4.74 Å². The number of carbonyl (C=O) groups excluding carboxylic acids is 2. The lowest BCUT2D eigenvalue weighted by atomic mass is 10.1. The molecule has 0 amide bonds. The van der Waals surface area contributed by atoms with Gasteiger partial charge in [0.25, 0.3) is 5.69 Å². The van der Waals surface area contributed by atoms with E-state index in [0.717, 1.165) is 24.8 Å². The summed E-state index contributed by atoms with van der Waals surface area (Å²) in [6.07, 6.45) is 2.50. The van der Waals surface area contributed by atoms with Crippen molar-refractivity contribution in [1.29, 1.82) is 0 Å². The second kappa shape index (κ2) is 13.0. The predicted molar refractivity (Wildman–Crippen MR) is 114 cm³/mol. The van der Waals surface area contributed by atoms with Crippen molar-refractivity contribution in [3.63, 3.8) is 0 Å². The Kier molecular flexibility index (Phi) is 10.0. The van der Waals surface area contributed by atoms with Gasteiger partial charge in [0, 0.05) is 18.6 Å². The molecule has 0 aliphatic heterocycles. The number of nitro benzene ring substituents is 1. The summed E-state index contributed by atoms with van der Waals surface area (Å²) in [5.41, 5.74) is 0.797. The van der Waals surface area contributed by atoms with E-state index in [1.54, 1.807) is 0 Å². The average Bonchev–Trinajstić information content (AvgIpc) is 2.77. The molecule has 8 nitrogen and oxygen atoms in total. The molecule has 2 aromatic carbocycles. The van der Waals surface area contributed by atoms with Gasteiger partial charge >= 0.3 is 12.1 Å². The van der Waals surface area contributed by atoms with E-state index >= 15 is 0 Å². The molecular weight excluding hydrogens is 402 g/mol. The Balaban J connectivity index is 1.82. The van der Waals surface area contributed by atoms with E-state index in [1.165, 1.54) is 24.3 Å². The number of esters is 1. The predicted octanol–water partition coefficient (Wildman–Crippen LogP) is 5.58. The lowest BCUT2D eigenvalue weighted by Crippen LogP contribution is -2.22. The Labute approximate surface area is 181 Å². The van der Waals surface area contributed by atoms with E-state index in [0.29, 0.717) is 12.8 Å². The number of non-ortho nitro benzene ring substituents is 1. The molecule has 0 radical (unpaired) electrons. The number of benzene rings is 2. The molecule has 1 unspecified atom stereocenters. The van der Waals surface area contributed by atoms with Crippen molar-refractivity contribution in [3.8, 4) is 5.75 Å². The van der Waals surface area contributed by atoms with Gasteiger partial charge in [-0.1, -0.05) is 50.1 Å². The summed E-state index contributed by atoms with van der Waals surface area (Å²) < 4.78 is 15.8. The third-order valence-electron chi connectivity index (χ3n) is 4.55. The molecule has 31 heavy (non-hydrogen) atoms. The maximum atomic E-state index is 12.1. The quantitative estimate of drug-likeness (QED) is 0.142. The third-order valence-corrected chi connectivity index (χ3v) is 4.55. The number of unbranched alkanes of at least 4 members (excludes halogenated alkanes) is 2. The van der Waals surface area contributed by atoms with Gasteiger partial charge in [0.1, 0.15) is 18.5 Å². The highest BCUT2D eigenvalue weighted by Gasteiger charge is 2.18. The zero-order chi connectivity index (χ0) is 22.5. The van der Waals surface area contributed by atoms with Gasteiger partial charge in [-0.25, -0.2) is 4.79 Å². The van der Waals surface area contributed by atoms with Crippen molar-refractivity contribution in [3.05, 3.63) is 70.3 Å². The number of nitrogens with zero attached hydrogens (tertiary/aromatic N) is 1. The first-order chi connectivity index (χ1) is 15.0. The van der Waals surface area contributed by atoms with Crippen LogP contribution in [-0.2, 0) is 20.9 Å². The van der Waals surface area contributed by atoms with Gasteiger partial charge in [-0.3, -0.25) is 14.9 Å². The third kappa shape index (κ3) is 9.29. The van der Waals surface area contributed by atoms with Gasteiger partial charge in [0.05, 0.1) is 4.92 Å². The van der Waals surface area contributed by atoms with Crippen LogP contribution in [0.3, 0.4) is 0 Å². The number of hydrogen-bond acceptors (Lipinski definition) is 7. The molecule has 8 heteroatoms. The highest BCUT2D eigenvalue weighted by molar-refractivity contribution is 5.69. The van der Waals surface area contributed by atoms with Crippen LogP contribution in [0, 0.1) is 10.1 Å². The zero-order valence-corrected chi connectivity index (χ0v) is 17.5. The zero-order valence-electron chi connectivity index (χ0n) is 17.5. The smallest absolute Gasteiger partial charge is 0.461 e. The fourth-order valence-electron chi connectivity index (χ4n) is 2.87. The molecule has 0 aliphatic carbocycles. The average molecular weight is 429 g/mol.